The molecule has 1 heterocycles. The van der Waals surface area contributed by atoms with Crippen molar-refractivity contribution in [3.63, 3.8) is 0 Å². The number of hydrogen-bond acceptors (Lipinski definition) is 3. The minimum atomic E-state index is -0.139. The molecule has 0 unspecified atom stereocenters. The molecule has 0 saturated heterocycles. The van der Waals surface area contributed by atoms with Crippen LogP contribution >= 0.6 is 0 Å². The van der Waals surface area contributed by atoms with E-state index in [0.29, 0.717) is 23.3 Å². The maximum absolute atomic E-state index is 12.5. The van der Waals surface area contributed by atoms with E-state index in [9.17, 15) is 4.79 Å². The van der Waals surface area contributed by atoms with Crippen molar-refractivity contribution < 1.29 is 4.74 Å². The Bertz CT molecular complexity index is 1390. The summed E-state index contributed by atoms with van der Waals surface area (Å²) in [6.07, 6.45) is 0. The fraction of sp³-hybridized carbons (Fsp3) is 0.0370. The third-order valence-corrected chi connectivity index (χ3v) is 5.21. The van der Waals surface area contributed by atoms with Gasteiger partial charge in [-0.3, -0.25) is 4.79 Å². The standard InChI is InChI=1S/C27H20N2O2/c30-27-24-12-6-7-13-25(24)28-26(29-27)23-11-5-4-10-22(23)20-14-16-21(17-15-20)31-18-19-8-2-1-3-9-19/h1-17H,18H2,(H,28,29,30). The summed E-state index contributed by atoms with van der Waals surface area (Å²) in [5.74, 6) is 1.37. The van der Waals surface area contributed by atoms with E-state index in [1.54, 1.807) is 6.07 Å². The van der Waals surface area contributed by atoms with E-state index in [1.165, 1.54) is 0 Å². The number of nitrogens with zero attached hydrogens (tertiary/aromatic N) is 1. The Labute approximate surface area is 179 Å². The van der Waals surface area contributed by atoms with Gasteiger partial charge in [-0.1, -0.05) is 78.9 Å². The first-order valence-corrected chi connectivity index (χ1v) is 10.1. The number of para-hydroxylation sites is 1. The Hall–Kier alpha value is -4.18. The fourth-order valence-electron chi connectivity index (χ4n) is 3.63. The highest BCUT2D eigenvalue weighted by Crippen LogP contribution is 2.31. The highest BCUT2D eigenvalue weighted by Gasteiger charge is 2.11. The number of H-pyrrole nitrogens is 1. The van der Waals surface area contributed by atoms with E-state index < -0.39 is 0 Å². The number of aromatic nitrogens is 2. The number of rotatable bonds is 5. The lowest BCUT2D eigenvalue weighted by molar-refractivity contribution is 0.306. The summed E-state index contributed by atoms with van der Waals surface area (Å²) in [5.41, 5.74) is 4.57. The number of aromatic amines is 1. The van der Waals surface area contributed by atoms with Gasteiger partial charge < -0.3 is 9.72 Å². The molecule has 0 bridgehead atoms. The van der Waals surface area contributed by atoms with Crippen LogP contribution < -0.4 is 10.3 Å². The predicted molar refractivity (Wildman–Crippen MR) is 124 cm³/mol. The fourth-order valence-corrected chi connectivity index (χ4v) is 3.63. The topological polar surface area (TPSA) is 55.0 Å². The second kappa shape index (κ2) is 8.28. The summed E-state index contributed by atoms with van der Waals surface area (Å²) in [4.78, 5) is 20.2. The molecule has 0 atom stereocenters. The summed E-state index contributed by atoms with van der Waals surface area (Å²) in [7, 11) is 0. The number of fused-ring (bicyclic) bond motifs is 1. The summed E-state index contributed by atoms with van der Waals surface area (Å²) in [6.45, 7) is 0.527. The summed E-state index contributed by atoms with van der Waals surface area (Å²) in [5, 5.41) is 0.587. The zero-order valence-corrected chi connectivity index (χ0v) is 16.8. The van der Waals surface area contributed by atoms with Gasteiger partial charge in [0.1, 0.15) is 18.2 Å². The normalized spacial score (nSPS) is 10.8. The molecular formula is C27H20N2O2. The molecule has 1 N–H and O–H groups in total. The first-order valence-electron chi connectivity index (χ1n) is 10.1. The Morgan fingerprint density at radius 1 is 0.710 bits per heavy atom. The summed E-state index contributed by atoms with van der Waals surface area (Å²) >= 11 is 0. The lowest BCUT2D eigenvalue weighted by Crippen LogP contribution is -2.09. The van der Waals surface area contributed by atoms with Gasteiger partial charge >= 0.3 is 0 Å². The van der Waals surface area contributed by atoms with Crippen LogP contribution in [0.4, 0.5) is 0 Å². The first kappa shape index (κ1) is 18.8. The molecule has 0 fully saturated rings. The zero-order valence-electron chi connectivity index (χ0n) is 16.8. The van der Waals surface area contributed by atoms with Crippen molar-refractivity contribution in [1.29, 1.82) is 0 Å². The van der Waals surface area contributed by atoms with E-state index in [4.69, 9.17) is 9.72 Å². The second-order valence-corrected chi connectivity index (χ2v) is 7.28. The molecule has 4 aromatic carbocycles. The van der Waals surface area contributed by atoms with Crippen molar-refractivity contribution in [2.24, 2.45) is 0 Å². The van der Waals surface area contributed by atoms with Crippen molar-refractivity contribution in [2.75, 3.05) is 0 Å². The largest absolute Gasteiger partial charge is 0.489 e. The molecule has 5 aromatic rings. The van der Waals surface area contributed by atoms with Crippen LogP contribution in [0.2, 0.25) is 0 Å². The number of nitrogens with one attached hydrogen (secondary N) is 1. The molecule has 0 aliphatic rings. The maximum atomic E-state index is 12.5. The zero-order chi connectivity index (χ0) is 21.0. The van der Waals surface area contributed by atoms with Crippen LogP contribution in [0.5, 0.6) is 5.75 Å². The van der Waals surface area contributed by atoms with Crippen LogP contribution in [0, 0.1) is 0 Å². The molecule has 0 amide bonds. The molecular weight excluding hydrogens is 384 g/mol. The quantitative estimate of drug-likeness (QED) is 0.401. The highest BCUT2D eigenvalue weighted by molar-refractivity contribution is 5.84. The third kappa shape index (κ3) is 3.96. The van der Waals surface area contributed by atoms with Gasteiger partial charge in [-0.25, -0.2) is 4.98 Å². The van der Waals surface area contributed by atoms with E-state index in [2.05, 4.69) is 4.98 Å². The van der Waals surface area contributed by atoms with Gasteiger partial charge in [0.2, 0.25) is 0 Å². The van der Waals surface area contributed by atoms with Crippen molar-refractivity contribution >= 4 is 10.9 Å². The van der Waals surface area contributed by atoms with Crippen molar-refractivity contribution in [1.82, 2.24) is 9.97 Å². The minimum absolute atomic E-state index is 0.139. The Kier molecular flexibility index (Phi) is 5.03. The van der Waals surface area contributed by atoms with Gasteiger partial charge in [0.05, 0.1) is 10.9 Å². The molecule has 5 rings (SSSR count). The average Bonchev–Trinajstić information content (AvgIpc) is 2.84. The Morgan fingerprint density at radius 3 is 2.19 bits per heavy atom. The van der Waals surface area contributed by atoms with E-state index in [1.807, 2.05) is 97.1 Å². The van der Waals surface area contributed by atoms with Gasteiger partial charge in [0, 0.05) is 5.56 Å². The number of hydrogen-bond donors (Lipinski definition) is 1. The molecule has 150 valence electrons. The van der Waals surface area contributed by atoms with Crippen molar-refractivity contribution in [3.8, 4) is 28.3 Å². The van der Waals surface area contributed by atoms with Crippen LogP contribution in [0.25, 0.3) is 33.4 Å². The second-order valence-electron chi connectivity index (χ2n) is 7.28. The van der Waals surface area contributed by atoms with Gasteiger partial charge in [0.25, 0.3) is 5.56 Å². The first-order chi connectivity index (χ1) is 15.3. The molecule has 1 aromatic heterocycles. The van der Waals surface area contributed by atoms with Crippen LogP contribution in [-0.2, 0) is 6.61 Å². The van der Waals surface area contributed by atoms with Crippen LogP contribution in [0.3, 0.4) is 0 Å². The van der Waals surface area contributed by atoms with Gasteiger partial charge in [-0.2, -0.15) is 0 Å². The predicted octanol–water partition coefficient (Wildman–Crippen LogP) is 5.84. The van der Waals surface area contributed by atoms with Crippen molar-refractivity contribution in [2.45, 2.75) is 6.61 Å². The van der Waals surface area contributed by atoms with E-state index >= 15 is 0 Å². The summed E-state index contributed by atoms with van der Waals surface area (Å²) in [6, 6.07) is 33.4. The SMILES string of the molecule is O=c1[nH]c(-c2ccccc2-c2ccc(OCc3ccccc3)cc2)nc2ccccc12. The molecule has 0 aliphatic heterocycles. The molecule has 31 heavy (non-hydrogen) atoms. The molecule has 0 saturated carbocycles. The van der Waals surface area contributed by atoms with E-state index in [-0.39, 0.29) is 5.56 Å². The average molecular weight is 404 g/mol. The number of ether oxygens (including phenoxy) is 1. The molecule has 0 aliphatic carbocycles. The lowest BCUT2D eigenvalue weighted by atomic mass is 9.99. The molecule has 0 radical (unpaired) electrons. The van der Waals surface area contributed by atoms with Crippen LogP contribution in [0.15, 0.2) is 108 Å². The van der Waals surface area contributed by atoms with Gasteiger partial charge in [0.15, 0.2) is 0 Å². The number of benzene rings is 4. The Morgan fingerprint density at radius 2 is 1.39 bits per heavy atom. The highest BCUT2D eigenvalue weighted by atomic mass is 16.5. The van der Waals surface area contributed by atoms with Crippen molar-refractivity contribution in [3.05, 3.63) is 119 Å². The van der Waals surface area contributed by atoms with Gasteiger partial charge in [-0.05, 0) is 41.0 Å². The minimum Gasteiger partial charge on any atom is -0.489 e. The molecule has 4 nitrogen and oxygen atoms in total. The van der Waals surface area contributed by atoms with E-state index in [0.717, 1.165) is 28.0 Å². The smallest absolute Gasteiger partial charge is 0.259 e. The lowest BCUT2D eigenvalue weighted by Gasteiger charge is -2.11. The van der Waals surface area contributed by atoms with Crippen LogP contribution in [-0.4, -0.2) is 9.97 Å². The van der Waals surface area contributed by atoms with Gasteiger partial charge in [-0.15, -0.1) is 0 Å². The monoisotopic (exact) mass is 404 g/mol. The third-order valence-electron chi connectivity index (χ3n) is 5.21. The van der Waals surface area contributed by atoms with Crippen LogP contribution in [0.1, 0.15) is 5.56 Å². The summed E-state index contributed by atoms with van der Waals surface area (Å²) < 4.78 is 5.90. The maximum Gasteiger partial charge on any atom is 0.259 e. The molecule has 4 heteroatoms. The Balaban J connectivity index is 1.46. The molecule has 0 spiro atoms.